The minimum atomic E-state index is -0.390. The Balaban J connectivity index is 2.24. The van der Waals surface area contributed by atoms with Gasteiger partial charge in [0.2, 0.25) is 5.91 Å². The molecule has 1 aromatic rings. The van der Waals surface area contributed by atoms with Crippen molar-refractivity contribution in [1.82, 2.24) is 4.90 Å². The molecular formula is C16H22N2O3. The van der Waals surface area contributed by atoms with Gasteiger partial charge in [-0.15, -0.1) is 0 Å². The molecular weight excluding hydrogens is 268 g/mol. The lowest BCUT2D eigenvalue weighted by atomic mass is 9.89. The van der Waals surface area contributed by atoms with E-state index < -0.39 is 0 Å². The SMILES string of the molecule is COC(=O)CN(C(=O)C1CCNc2ccccc21)C(C)C. The molecule has 0 fully saturated rings. The molecule has 0 saturated heterocycles. The van der Waals surface area contributed by atoms with Crippen molar-refractivity contribution in [2.24, 2.45) is 0 Å². The van der Waals surface area contributed by atoms with E-state index in [-0.39, 0.29) is 30.4 Å². The Morgan fingerprint density at radius 1 is 1.38 bits per heavy atom. The molecule has 2 rings (SSSR count). The van der Waals surface area contributed by atoms with Crippen molar-refractivity contribution in [1.29, 1.82) is 0 Å². The van der Waals surface area contributed by atoms with Crippen LogP contribution in [0.25, 0.3) is 0 Å². The lowest BCUT2D eigenvalue weighted by Crippen LogP contribution is -2.44. The number of fused-ring (bicyclic) bond motifs is 1. The zero-order valence-corrected chi connectivity index (χ0v) is 12.8. The zero-order chi connectivity index (χ0) is 15.4. The maximum absolute atomic E-state index is 12.8. The van der Waals surface area contributed by atoms with Crippen molar-refractivity contribution in [2.45, 2.75) is 32.2 Å². The van der Waals surface area contributed by atoms with Crippen molar-refractivity contribution < 1.29 is 14.3 Å². The molecule has 1 N–H and O–H groups in total. The van der Waals surface area contributed by atoms with Crippen LogP contribution in [0.15, 0.2) is 24.3 Å². The molecule has 1 atom stereocenters. The molecule has 0 bridgehead atoms. The van der Waals surface area contributed by atoms with Crippen molar-refractivity contribution in [3.63, 3.8) is 0 Å². The summed E-state index contributed by atoms with van der Waals surface area (Å²) in [6.45, 7) is 4.58. The maximum Gasteiger partial charge on any atom is 0.325 e. The number of para-hydroxylation sites is 1. The Morgan fingerprint density at radius 3 is 2.76 bits per heavy atom. The number of anilines is 1. The molecule has 1 heterocycles. The Hall–Kier alpha value is -2.04. The highest BCUT2D eigenvalue weighted by Crippen LogP contribution is 2.33. The van der Waals surface area contributed by atoms with Crippen LogP contribution in [0.3, 0.4) is 0 Å². The number of methoxy groups -OCH3 is 1. The number of rotatable bonds is 4. The number of hydrogen-bond acceptors (Lipinski definition) is 4. The third kappa shape index (κ3) is 3.35. The average molecular weight is 290 g/mol. The van der Waals surface area contributed by atoms with Gasteiger partial charge in [0, 0.05) is 18.3 Å². The fourth-order valence-corrected chi connectivity index (χ4v) is 2.64. The Labute approximate surface area is 125 Å². The molecule has 21 heavy (non-hydrogen) atoms. The normalized spacial score (nSPS) is 16.9. The van der Waals surface area contributed by atoms with Crippen LogP contribution in [0.4, 0.5) is 5.69 Å². The lowest BCUT2D eigenvalue weighted by molar-refractivity contribution is -0.148. The molecule has 0 aliphatic carbocycles. The van der Waals surface area contributed by atoms with Crippen molar-refractivity contribution >= 4 is 17.6 Å². The number of carbonyl (C=O) groups is 2. The zero-order valence-electron chi connectivity index (χ0n) is 12.8. The Kier molecular flexibility index (Phi) is 4.83. The van der Waals surface area contributed by atoms with Crippen LogP contribution < -0.4 is 5.32 Å². The summed E-state index contributed by atoms with van der Waals surface area (Å²) in [5.41, 5.74) is 2.01. The van der Waals surface area contributed by atoms with Gasteiger partial charge in [0.05, 0.1) is 13.0 Å². The fourth-order valence-electron chi connectivity index (χ4n) is 2.64. The second-order valence-corrected chi connectivity index (χ2v) is 5.49. The van der Waals surface area contributed by atoms with Crippen molar-refractivity contribution in [3.8, 4) is 0 Å². The van der Waals surface area contributed by atoms with Gasteiger partial charge in [-0.1, -0.05) is 18.2 Å². The van der Waals surface area contributed by atoms with E-state index in [4.69, 9.17) is 4.74 Å². The van der Waals surface area contributed by atoms with E-state index >= 15 is 0 Å². The first-order chi connectivity index (χ1) is 10.0. The summed E-state index contributed by atoms with van der Waals surface area (Å²) < 4.78 is 4.69. The van der Waals surface area contributed by atoms with Gasteiger partial charge in [-0.2, -0.15) is 0 Å². The predicted octanol–water partition coefficient (Wildman–Crippen LogP) is 2.00. The number of esters is 1. The van der Waals surface area contributed by atoms with Crippen LogP contribution in [-0.4, -0.2) is 43.0 Å². The quantitative estimate of drug-likeness (QED) is 0.862. The topological polar surface area (TPSA) is 58.6 Å². The summed E-state index contributed by atoms with van der Waals surface area (Å²) in [5.74, 6) is -0.599. The molecule has 1 amide bonds. The largest absolute Gasteiger partial charge is 0.468 e. The number of benzene rings is 1. The summed E-state index contributed by atoms with van der Waals surface area (Å²) in [6.07, 6.45) is 0.736. The van der Waals surface area contributed by atoms with E-state index in [1.807, 2.05) is 38.1 Å². The average Bonchev–Trinajstić information content (AvgIpc) is 2.50. The molecule has 114 valence electrons. The van der Waals surface area contributed by atoms with Gasteiger partial charge in [-0.3, -0.25) is 9.59 Å². The second kappa shape index (κ2) is 6.61. The minimum absolute atomic E-state index is 0.000897. The highest BCUT2D eigenvalue weighted by Gasteiger charge is 2.32. The van der Waals surface area contributed by atoms with Gasteiger partial charge < -0.3 is 15.0 Å². The van der Waals surface area contributed by atoms with E-state index in [0.29, 0.717) is 0 Å². The summed E-state index contributed by atoms with van der Waals surface area (Å²) in [4.78, 5) is 26.0. The van der Waals surface area contributed by atoms with Gasteiger partial charge in [0.15, 0.2) is 0 Å². The first-order valence-electron chi connectivity index (χ1n) is 7.24. The first kappa shape index (κ1) is 15.4. The Morgan fingerprint density at radius 2 is 2.10 bits per heavy atom. The monoisotopic (exact) mass is 290 g/mol. The molecule has 0 aromatic heterocycles. The van der Waals surface area contributed by atoms with Crippen LogP contribution in [0, 0.1) is 0 Å². The fraction of sp³-hybridized carbons (Fsp3) is 0.500. The van der Waals surface area contributed by atoms with Gasteiger partial charge in [0.25, 0.3) is 0 Å². The highest BCUT2D eigenvalue weighted by molar-refractivity contribution is 5.89. The lowest BCUT2D eigenvalue weighted by Gasteiger charge is -2.33. The van der Waals surface area contributed by atoms with Crippen LogP contribution in [0.1, 0.15) is 31.7 Å². The van der Waals surface area contributed by atoms with E-state index in [0.717, 1.165) is 24.2 Å². The summed E-state index contributed by atoms with van der Waals surface area (Å²) in [6, 6.07) is 7.80. The molecule has 1 unspecified atom stereocenters. The number of hydrogen-bond donors (Lipinski definition) is 1. The van der Waals surface area contributed by atoms with Crippen LogP contribution >= 0.6 is 0 Å². The number of nitrogens with zero attached hydrogens (tertiary/aromatic N) is 1. The number of nitrogens with one attached hydrogen (secondary N) is 1. The van der Waals surface area contributed by atoms with E-state index in [9.17, 15) is 9.59 Å². The Bertz CT molecular complexity index is 528. The summed E-state index contributed by atoms with van der Waals surface area (Å²) in [7, 11) is 1.34. The minimum Gasteiger partial charge on any atom is -0.468 e. The summed E-state index contributed by atoms with van der Waals surface area (Å²) >= 11 is 0. The molecule has 5 nitrogen and oxygen atoms in total. The molecule has 0 radical (unpaired) electrons. The molecule has 0 saturated carbocycles. The van der Waals surface area contributed by atoms with Crippen LogP contribution in [0.2, 0.25) is 0 Å². The van der Waals surface area contributed by atoms with E-state index in [2.05, 4.69) is 5.32 Å². The van der Waals surface area contributed by atoms with Gasteiger partial charge in [-0.25, -0.2) is 0 Å². The van der Waals surface area contributed by atoms with Crippen molar-refractivity contribution in [3.05, 3.63) is 29.8 Å². The van der Waals surface area contributed by atoms with Gasteiger partial charge in [-0.05, 0) is 31.9 Å². The first-order valence-corrected chi connectivity index (χ1v) is 7.24. The smallest absolute Gasteiger partial charge is 0.325 e. The molecule has 1 aliphatic heterocycles. The summed E-state index contributed by atoms with van der Waals surface area (Å²) in [5, 5.41) is 3.31. The van der Waals surface area contributed by atoms with E-state index in [1.165, 1.54) is 7.11 Å². The molecule has 1 aliphatic rings. The highest BCUT2D eigenvalue weighted by atomic mass is 16.5. The predicted molar refractivity (Wildman–Crippen MR) is 81.2 cm³/mol. The van der Waals surface area contributed by atoms with Crippen molar-refractivity contribution in [2.75, 3.05) is 25.5 Å². The van der Waals surface area contributed by atoms with Gasteiger partial charge in [0.1, 0.15) is 6.54 Å². The second-order valence-electron chi connectivity index (χ2n) is 5.49. The van der Waals surface area contributed by atoms with E-state index in [1.54, 1.807) is 4.90 Å². The standard InChI is InChI=1S/C16H22N2O3/c1-11(2)18(10-15(19)21-3)16(20)13-8-9-17-14-7-5-4-6-12(13)14/h4-7,11,13,17H,8-10H2,1-3H3. The third-order valence-electron chi connectivity index (χ3n) is 3.82. The molecule has 1 aromatic carbocycles. The number of carbonyl (C=O) groups excluding carboxylic acids is 2. The number of amides is 1. The van der Waals surface area contributed by atoms with Gasteiger partial charge >= 0.3 is 5.97 Å². The number of ether oxygens (including phenoxy) is 1. The van der Waals surface area contributed by atoms with Crippen LogP contribution in [-0.2, 0) is 14.3 Å². The van der Waals surface area contributed by atoms with Crippen LogP contribution in [0.5, 0.6) is 0 Å². The maximum atomic E-state index is 12.8. The molecule has 0 spiro atoms. The third-order valence-corrected chi connectivity index (χ3v) is 3.82. The molecule has 5 heteroatoms.